The van der Waals surface area contributed by atoms with E-state index in [-0.39, 0.29) is 17.1 Å². The highest BCUT2D eigenvalue weighted by molar-refractivity contribution is 5.95. The molecule has 2 aromatic carbocycles. The number of hydrogen-bond donors (Lipinski definition) is 3. The number of halogens is 2. The second-order valence-electron chi connectivity index (χ2n) is 7.12. The highest BCUT2D eigenvalue weighted by atomic mass is 19.1. The number of imidazole rings is 1. The van der Waals surface area contributed by atoms with Crippen molar-refractivity contribution in [2.75, 3.05) is 11.1 Å². The number of nitrogens with two attached hydrogens (primary N) is 1. The first-order valence-corrected chi connectivity index (χ1v) is 9.40. The summed E-state index contributed by atoms with van der Waals surface area (Å²) in [5, 5.41) is 12.5. The van der Waals surface area contributed by atoms with E-state index in [9.17, 15) is 18.7 Å². The van der Waals surface area contributed by atoms with Gasteiger partial charge in [-0.15, -0.1) is 0 Å². The molecule has 0 spiro atoms. The molecule has 9 heteroatoms. The number of rotatable bonds is 4. The van der Waals surface area contributed by atoms with Crippen molar-refractivity contribution in [2.45, 2.75) is 20.0 Å². The third kappa shape index (κ3) is 3.71. The van der Waals surface area contributed by atoms with E-state index in [1.165, 1.54) is 30.3 Å². The van der Waals surface area contributed by atoms with Gasteiger partial charge in [0.2, 0.25) is 0 Å². The number of fused-ring (bicyclic) bond motifs is 1. The molecule has 0 saturated heterocycles. The lowest BCUT2D eigenvalue weighted by molar-refractivity contribution is -0.124. The van der Waals surface area contributed by atoms with Crippen LogP contribution in [0.5, 0.6) is 0 Å². The Kier molecular flexibility index (Phi) is 5.12. The van der Waals surface area contributed by atoms with E-state index in [4.69, 9.17) is 5.73 Å². The quantitative estimate of drug-likeness (QED) is 0.466. The SMILES string of the molecule is Cc1cnc(N)c2c(-c3ccc(NC(=O)C(O)c4cccc(F)c4)c(F)c3)nc(C)n12. The van der Waals surface area contributed by atoms with Gasteiger partial charge in [0.25, 0.3) is 5.91 Å². The molecule has 0 aliphatic rings. The third-order valence-electron chi connectivity index (χ3n) is 4.94. The lowest BCUT2D eigenvalue weighted by atomic mass is 10.1. The first kappa shape index (κ1) is 20.4. The Bertz CT molecular complexity index is 1320. The molecule has 0 bridgehead atoms. The molecule has 158 valence electrons. The second kappa shape index (κ2) is 7.77. The number of aliphatic hydroxyl groups excluding tert-OH is 1. The number of aliphatic hydroxyl groups is 1. The number of nitrogen functional groups attached to an aromatic ring is 1. The number of aryl methyl sites for hydroxylation is 2. The van der Waals surface area contributed by atoms with Gasteiger partial charge in [0.1, 0.15) is 34.5 Å². The Morgan fingerprint density at radius 1 is 1.19 bits per heavy atom. The van der Waals surface area contributed by atoms with Gasteiger partial charge < -0.3 is 16.2 Å². The summed E-state index contributed by atoms with van der Waals surface area (Å²) in [6.45, 7) is 3.67. The lowest BCUT2D eigenvalue weighted by Crippen LogP contribution is -2.21. The Labute approximate surface area is 176 Å². The molecule has 4 rings (SSSR count). The molecule has 1 amide bonds. The fraction of sp³-hybridized carbons (Fsp3) is 0.136. The highest BCUT2D eigenvalue weighted by Crippen LogP contribution is 2.31. The maximum atomic E-state index is 14.8. The van der Waals surface area contributed by atoms with Crippen molar-refractivity contribution in [3.63, 3.8) is 0 Å². The van der Waals surface area contributed by atoms with Crippen molar-refractivity contribution in [2.24, 2.45) is 0 Å². The maximum Gasteiger partial charge on any atom is 0.257 e. The average Bonchev–Trinajstić information content (AvgIpc) is 3.10. The van der Waals surface area contributed by atoms with Crippen LogP contribution in [-0.2, 0) is 4.79 Å². The van der Waals surface area contributed by atoms with E-state index < -0.39 is 23.6 Å². The van der Waals surface area contributed by atoms with Gasteiger partial charge in [-0.2, -0.15) is 0 Å². The first-order valence-electron chi connectivity index (χ1n) is 9.40. The molecule has 0 radical (unpaired) electrons. The largest absolute Gasteiger partial charge is 0.382 e. The third-order valence-corrected chi connectivity index (χ3v) is 4.94. The smallest absolute Gasteiger partial charge is 0.257 e. The molecule has 0 aliphatic heterocycles. The van der Waals surface area contributed by atoms with Crippen molar-refractivity contribution < 1.29 is 18.7 Å². The van der Waals surface area contributed by atoms with Crippen LogP contribution in [0.15, 0.2) is 48.7 Å². The molecule has 0 fully saturated rings. The number of carbonyl (C=O) groups is 1. The number of nitrogens with zero attached hydrogens (tertiary/aromatic N) is 3. The minimum Gasteiger partial charge on any atom is -0.382 e. The van der Waals surface area contributed by atoms with Crippen LogP contribution in [0.3, 0.4) is 0 Å². The van der Waals surface area contributed by atoms with Crippen molar-refractivity contribution in [1.82, 2.24) is 14.4 Å². The topological polar surface area (TPSA) is 106 Å². The van der Waals surface area contributed by atoms with Crippen LogP contribution < -0.4 is 11.1 Å². The predicted molar refractivity (Wildman–Crippen MR) is 112 cm³/mol. The molecular formula is C22H19F2N5O2. The summed E-state index contributed by atoms with van der Waals surface area (Å²) in [6.07, 6.45) is -0.0208. The number of anilines is 2. The lowest BCUT2D eigenvalue weighted by Gasteiger charge is -2.13. The molecule has 2 heterocycles. The van der Waals surface area contributed by atoms with Gasteiger partial charge in [0.05, 0.1) is 5.69 Å². The Morgan fingerprint density at radius 2 is 1.97 bits per heavy atom. The standard InChI is InChI=1S/C22H19F2N5O2/c1-11-10-26-21(25)19-18(27-12(2)29(11)19)13-6-7-17(16(24)9-13)28-22(31)20(30)14-4-3-5-15(23)8-14/h3-10,20,30H,1-2H3,(H2,25,26)(H,28,31). The van der Waals surface area contributed by atoms with E-state index in [0.717, 1.165) is 11.8 Å². The number of nitrogens with one attached hydrogen (secondary N) is 1. The maximum absolute atomic E-state index is 14.8. The number of amides is 1. The molecule has 7 nitrogen and oxygen atoms in total. The fourth-order valence-corrected chi connectivity index (χ4v) is 3.48. The van der Waals surface area contributed by atoms with Crippen LogP contribution in [0.25, 0.3) is 16.8 Å². The van der Waals surface area contributed by atoms with Crippen LogP contribution in [0.1, 0.15) is 23.2 Å². The minimum atomic E-state index is -1.65. The zero-order valence-electron chi connectivity index (χ0n) is 16.7. The van der Waals surface area contributed by atoms with Crippen LogP contribution in [0.4, 0.5) is 20.3 Å². The average molecular weight is 423 g/mol. The van der Waals surface area contributed by atoms with E-state index in [0.29, 0.717) is 22.6 Å². The summed E-state index contributed by atoms with van der Waals surface area (Å²) < 4.78 is 29.9. The predicted octanol–water partition coefficient (Wildman–Crippen LogP) is 3.55. The van der Waals surface area contributed by atoms with E-state index in [1.54, 1.807) is 12.3 Å². The Hall–Kier alpha value is -3.85. The van der Waals surface area contributed by atoms with Gasteiger partial charge in [-0.05, 0) is 43.7 Å². The molecule has 1 unspecified atom stereocenters. The van der Waals surface area contributed by atoms with E-state index >= 15 is 0 Å². The van der Waals surface area contributed by atoms with Gasteiger partial charge >= 0.3 is 0 Å². The molecule has 1 atom stereocenters. The summed E-state index contributed by atoms with van der Waals surface area (Å²) in [4.78, 5) is 21.0. The molecule has 31 heavy (non-hydrogen) atoms. The first-order chi connectivity index (χ1) is 14.8. The second-order valence-corrected chi connectivity index (χ2v) is 7.12. The summed E-state index contributed by atoms with van der Waals surface area (Å²) in [6, 6.07) is 9.16. The fourth-order valence-electron chi connectivity index (χ4n) is 3.48. The van der Waals surface area contributed by atoms with E-state index in [1.807, 2.05) is 18.2 Å². The molecular weight excluding hydrogens is 404 g/mol. The van der Waals surface area contributed by atoms with Crippen LogP contribution in [0.2, 0.25) is 0 Å². The van der Waals surface area contributed by atoms with Gasteiger partial charge in [0.15, 0.2) is 6.10 Å². The van der Waals surface area contributed by atoms with Gasteiger partial charge in [-0.25, -0.2) is 18.7 Å². The molecule has 0 saturated carbocycles. The number of hydrogen-bond acceptors (Lipinski definition) is 5. The Balaban J connectivity index is 1.64. The summed E-state index contributed by atoms with van der Waals surface area (Å²) in [5.74, 6) is -1.27. The normalized spacial score (nSPS) is 12.2. The van der Waals surface area contributed by atoms with Crippen LogP contribution >= 0.6 is 0 Å². The zero-order valence-corrected chi connectivity index (χ0v) is 16.7. The number of benzene rings is 2. The van der Waals surface area contributed by atoms with Crippen molar-refractivity contribution in [3.05, 3.63) is 77.4 Å². The van der Waals surface area contributed by atoms with Crippen LogP contribution in [-0.4, -0.2) is 25.4 Å². The molecule has 4 aromatic rings. The Morgan fingerprint density at radius 3 is 2.68 bits per heavy atom. The van der Waals surface area contributed by atoms with Gasteiger partial charge in [-0.3, -0.25) is 9.20 Å². The molecule has 0 aliphatic carbocycles. The molecule has 4 N–H and O–H groups in total. The van der Waals surface area contributed by atoms with Gasteiger partial charge in [0, 0.05) is 17.5 Å². The molecule has 2 aromatic heterocycles. The number of carbonyl (C=O) groups excluding carboxylic acids is 1. The number of aromatic nitrogens is 3. The van der Waals surface area contributed by atoms with Gasteiger partial charge in [-0.1, -0.05) is 18.2 Å². The zero-order chi connectivity index (χ0) is 22.3. The summed E-state index contributed by atoms with van der Waals surface area (Å²) >= 11 is 0. The van der Waals surface area contributed by atoms with Crippen molar-refractivity contribution in [1.29, 1.82) is 0 Å². The van der Waals surface area contributed by atoms with E-state index in [2.05, 4.69) is 15.3 Å². The summed E-state index contributed by atoms with van der Waals surface area (Å²) in [5.41, 5.74) is 8.27. The highest BCUT2D eigenvalue weighted by Gasteiger charge is 2.21. The van der Waals surface area contributed by atoms with Crippen LogP contribution in [0, 0.1) is 25.5 Å². The van der Waals surface area contributed by atoms with Crippen molar-refractivity contribution in [3.8, 4) is 11.3 Å². The summed E-state index contributed by atoms with van der Waals surface area (Å²) in [7, 11) is 0. The minimum absolute atomic E-state index is 0.0628. The monoisotopic (exact) mass is 423 g/mol. The van der Waals surface area contributed by atoms with Crippen molar-refractivity contribution >= 4 is 22.9 Å².